The van der Waals surface area contributed by atoms with Gasteiger partial charge in [0.05, 0.1) is 24.2 Å². The molecule has 10 nitrogen and oxygen atoms in total. The minimum Gasteiger partial charge on any atom is -0.351 e. The molecule has 0 aliphatic rings. The normalized spacial score (nSPS) is 11.2. The SMILES string of the molecule is O=C(/C=C\c1ccc([N+](=O)[O-])cc1)NCCn1ncc2c(=O)n(Cc3ccc(F)cc3)cnc21. The van der Waals surface area contributed by atoms with Crippen LogP contribution in [0.25, 0.3) is 17.1 Å². The topological polar surface area (TPSA) is 125 Å². The Balaban J connectivity index is 1.35. The van der Waals surface area contributed by atoms with Crippen LogP contribution >= 0.6 is 0 Å². The molecule has 2 aromatic heterocycles. The van der Waals surface area contributed by atoms with Crippen molar-refractivity contribution in [2.45, 2.75) is 13.1 Å². The van der Waals surface area contributed by atoms with Crippen LogP contribution in [0.2, 0.25) is 0 Å². The lowest BCUT2D eigenvalue weighted by molar-refractivity contribution is -0.384. The lowest BCUT2D eigenvalue weighted by Crippen LogP contribution is -2.26. The van der Waals surface area contributed by atoms with Crippen molar-refractivity contribution in [3.05, 3.63) is 105 Å². The Labute approximate surface area is 192 Å². The van der Waals surface area contributed by atoms with Gasteiger partial charge in [-0.25, -0.2) is 14.1 Å². The molecule has 2 heterocycles. The molecule has 0 atom stereocenters. The summed E-state index contributed by atoms with van der Waals surface area (Å²) in [6.45, 7) is 0.806. The number of fused-ring (bicyclic) bond motifs is 1. The maximum Gasteiger partial charge on any atom is 0.269 e. The number of nitro benzene ring substituents is 1. The van der Waals surface area contributed by atoms with Crippen LogP contribution in [-0.4, -0.2) is 36.7 Å². The third-order valence-corrected chi connectivity index (χ3v) is 5.04. The molecular formula is C23H19FN6O4. The summed E-state index contributed by atoms with van der Waals surface area (Å²) >= 11 is 0. The second-order valence-corrected chi connectivity index (χ2v) is 7.38. The first-order valence-electron chi connectivity index (χ1n) is 10.3. The number of nitrogens with one attached hydrogen (secondary N) is 1. The van der Waals surface area contributed by atoms with E-state index in [1.807, 2.05) is 0 Å². The molecule has 0 spiro atoms. The number of hydrogen-bond donors (Lipinski definition) is 1. The molecule has 4 aromatic rings. The Morgan fingerprint density at radius 3 is 2.59 bits per heavy atom. The summed E-state index contributed by atoms with van der Waals surface area (Å²) in [5, 5.41) is 17.9. The van der Waals surface area contributed by atoms with E-state index in [9.17, 15) is 24.1 Å². The Morgan fingerprint density at radius 2 is 1.88 bits per heavy atom. The number of carbonyl (C=O) groups is 1. The molecule has 0 aliphatic carbocycles. The summed E-state index contributed by atoms with van der Waals surface area (Å²) in [7, 11) is 0. The highest BCUT2D eigenvalue weighted by Crippen LogP contribution is 2.13. The van der Waals surface area contributed by atoms with Gasteiger partial charge in [0, 0.05) is 24.8 Å². The minimum absolute atomic E-state index is 0.0242. The molecule has 2 aromatic carbocycles. The lowest BCUT2D eigenvalue weighted by atomic mass is 10.2. The zero-order valence-electron chi connectivity index (χ0n) is 17.8. The number of non-ortho nitro benzene ring substituents is 1. The van der Waals surface area contributed by atoms with Gasteiger partial charge in [-0.1, -0.05) is 12.1 Å². The number of carbonyl (C=O) groups excluding carboxylic acids is 1. The predicted octanol–water partition coefficient (Wildman–Crippen LogP) is 2.52. The van der Waals surface area contributed by atoms with E-state index in [0.29, 0.717) is 23.1 Å². The van der Waals surface area contributed by atoms with Crippen LogP contribution in [0.3, 0.4) is 0 Å². The molecule has 0 unspecified atom stereocenters. The van der Waals surface area contributed by atoms with Crippen LogP contribution in [0.4, 0.5) is 10.1 Å². The van der Waals surface area contributed by atoms with Gasteiger partial charge in [-0.05, 0) is 41.5 Å². The fourth-order valence-corrected chi connectivity index (χ4v) is 3.28. The third-order valence-electron chi connectivity index (χ3n) is 5.04. The molecular weight excluding hydrogens is 443 g/mol. The van der Waals surface area contributed by atoms with Crippen molar-refractivity contribution in [2.75, 3.05) is 6.54 Å². The largest absolute Gasteiger partial charge is 0.351 e. The lowest BCUT2D eigenvalue weighted by Gasteiger charge is -2.07. The average molecular weight is 462 g/mol. The van der Waals surface area contributed by atoms with E-state index in [4.69, 9.17) is 0 Å². The van der Waals surface area contributed by atoms with E-state index >= 15 is 0 Å². The molecule has 0 aliphatic heterocycles. The summed E-state index contributed by atoms with van der Waals surface area (Å²) < 4.78 is 16.0. The maximum absolute atomic E-state index is 13.1. The van der Waals surface area contributed by atoms with Crippen LogP contribution in [0, 0.1) is 15.9 Å². The van der Waals surface area contributed by atoms with E-state index in [1.54, 1.807) is 30.3 Å². The van der Waals surface area contributed by atoms with Gasteiger partial charge in [-0.3, -0.25) is 24.3 Å². The van der Waals surface area contributed by atoms with Crippen molar-refractivity contribution in [1.29, 1.82) is 0 Å². The molecule has 1 amide bonds. The molecule has 0 fully saturated rings. The van der Waals surface area contributed by atoms with Gasteiger partial charge < -0.3 is 5.32 Å². The first-order valence-corrected chi connectivity index (χ1v) is 10.3. The van der Waals surface area contributed by atoms with Crippen molar-refractivity contribution in [3.63, 3.8) is 0 Å². The van der Waals surface area contributed by atoms with E-state index in [2.05, 4.69) is 15.4 Å². The van der Waals surface area contributed by atoms with Crippen molar-refractivity contribution >= 4 is 28.7 Å². The second kappa shape index (κ2) is 9.86. The number of amides is 1. The molecule has 11 heteroatoms. The summed E-state index contributed by atoms with van der Waals surface area (Å²) in [6, 6.07) is 11.7. The van der Waals surface area contributed by atoms with Crippen LogP contribution in [0.5, 0.6) is 0 Å². The maximum atomic E-state index is 13.1. The Bertz CT molecular complexity index is 1420. The molecule has 0 radical (unpaired) electrons. The van der Waals surface area contributed by atoms with Gasteiger partial charge in [-0.15, -0.1) is 0 Å². The van der Waals surface area contributed by atoms with Gasteiger partial charge in [0.1, 0.15) is 17.5 Å². The quantitative estimate of drug-likeness (QED) is 0.244. The van der Waals surface area contributed by atoms with Gasteiger partial charge in [0.25, 0.3) is 11.2 Å². The van der Waals surface area contributed by atoms with Gasteiger partial charge in [-0.2, -0.15) is 5.10 Å². The Hall–Kier alpha value is -4.67. The average Bonchev–Trinajstić information content (AvgIpc) is 3.25. The molecule has 172 valence electrons. The monoisotopic (exact) mass is 462 g/mol. The number of halogens is 1. The molecule has 0 bridgehead atoms. The van der Waals surface area contributed by atoms with Crippen molar-refractivity contribution < 1.29 is 14.1 Å². The summed E-state index contributed by atoms with van der Waals surface area (Å²) in [4.78, 5) is 39.3. The van der Waals surface area contributed by atoms with E-state index in [1.165, 1.54) is 52.1 Å². The zero-order chi connectivity index (χ0) is 24.1. The van der Waals surface area contributed by atoms with Gasteiger partial charge >= 0.3 is 0 Å². The van der Waals surface area contributed by atoms with Gasteiger partial charge in [0.15, 0.2) is 5.65 Å². The zero-order valence-corrected chi connectivity index (χ0v) is 17.8. The van der Waals surface area contributed by atoms with Crippen LogP contribution in [-0.2, 0) is 17.9 Å². The third kappa shape index (κ3) is 5.21. The first kappa shape index (κ1) is 22.5. The predicted molar refractivity (Wildman–Crippen MR) is 122 cm³/mol. The highest BCUT2D eigenvalue weighted by atomic mass is 19.1. The standard InChI is InChI=1S/C23H19FN6O4/c24-18-6-1-17(2-7-18)14-28-15-26-22-20(23(28)32)13-27-29(22)12-11-25-21(31)10-5-16-3-8-19(9-4-16)30(33)34/h1-10,13,15H,11-12,14H2,(H,25,31)/b10-5-. The number of rotatable bonds is 8. The highest BCUT2D eigenvalue weighted by molar-refractivity contribution is 5.91. The molecule has 4 rings (SSSR count). The minimum atomic E-state index is -0.491. The Morgan fingerprint density at radius 1 is 1.15 bits per heavy atom. The second-order valence-electron chi connectivity index (χ2n) is 7.38. The summed E-state index contributed by atoms with van der Waals surface area (Å²) in [5.74, 6) is -0.690. The molecule has 1 N–H and O–H groups in total. The van der Waals surface area contributed by atoms with Crippen molar-refractivity contribution in [2.24, 2.45) is 0 Å². The van der Waals surface area contributed by atoms with Crippen LogP contribution in [0.15, 0.2) is 71.9 Å². The van der Waals surface area contributed by atoms with E-state index in [-0.39, 0.29) is 36.1 Å². The Kier molecular flexibility index (Phi) is 6.53. The number of hydrogen-bond acceptors (Lipinski definition) is 6. The smallest absolute Gasteiger partial charge is 0.269 e. The molecule has 0 saturated heterocycles. The molecule has 0 saturated carbocycles. The van der Waals surface area contributed by atoms with E-state index < -0.39 is 4.92 Å². The van der Waals surface area contributed by atoms with Crippen LogP contribution < -0.4 is 10.9 Å². The first-order chi connectivity index (χ1) is 16.4. The van der Waals surface area contributed by atoms with Gasteiger partial charge in [0.2, 0.25) is 5.91 Å². The van der Waals surface area contributed by atoms with Crippen molar-refractivity contribution in [1.82, 2.24) is 24.6 Å². The number of aromatic nitrogens is 4. The van der Waals surface area contributed by atoms with Crippen molar-refractivity contribution in [3.8, 4) is 0 Å². The number of nitro groups is 1. The fourth-order valence-electron chi connectivity index (χ4n) is 3.28. The van der Waals surface area contributed by atoms with Crippen LogP contribution in [0.1, 0.15) is 11.1 Å². The van der Waals surface area contributed by atoms with E-state index in [0.717, 1.165) is 5.56 Å². The molecule has 34 heavy (non-hydrogen) atoms. The number of nitrogens with zero attached hydrogens (tertiary/aromatic N) is 5. The summed E-state index contributed by atoms with van der Waals surface area (Å²) in [6.07, 6.45) is 5.72. The summed E-state index contributed by atoms with van der Waals surface area (Å²) in [5.41, 5.74) is 1.53. The number of benzene rings is 2. The highest BCUT2D eigenvalue weighted by Gasteiger charge is 2.11. The fraction of sp³-hybridized carbons (Fsp3) is 0.130.